The van der Waals surface area contributed by atoms with Crippen LogP contribution >= 0.6 is 11.3 Å². The smallest absolute Gasteiger partial charge is 0.270 e. The topological polar surface area (TPSA) is 106 Å². The summed E-state index contributed by atoms with van der Waals surface area (Å²) in [5.41, 5.74) is 1.68. The fourth-order valence-electron chi connectivity index (χ4n) is 3.50. The number of methoxy groups -OCH3 is 1. The van der Waals surface area contributed by atoms with Gasteiger partial charge in [0.1, 0.15) is 10.8 Å². The van der Waals surface area contributed by atoms with E-state index in [1.807, 2.05) is 29.6 Å². The van der Waals surface area contributed by atoms with Crippen LogP contribution in [-0.2, 0) is 16.6 Å². The second-order valence-electron chi connectivity index (χ2n) is 7.29. The van der Waals surface area contributed by atoms with Crippen molar-refractivity contribution in [1.29, 1.82) is 0 Å². The van der Waals surface area contributed by atoms with Gasteiger partial charge in [-0.05, 0) is 30.3 Å². The van der Waals surface area contributed by atoms with Gasteiger partial charge in [-0.1, -0.05) is 6.07 Å². The molecular weight excluding hydrogens is 452 g/mol. The molecule has 0 saturated carbocycles. The predicted octanol–water partition coefficient (Wildman–Crippen LogP) is 3.23. The van der Waals surface area contributed by atoms with Gasteiger partial charge in [0.2, 0.25) is 10.0 Å². The molecule has 0 unspecified atom stereocenters. The first-order valence-corrected chi connectivity index (χ1v) is 12.2. The van der Waals surface area contributed by atoms with Crippen LogP contribution in [0.25, 0.3) is 11.3 Å². The maximum Gasteiger partial charge on any atom is 0.270 e. The highest BCUT2D eigenvalue weighted by molar-refractivity contribution is 7.89. The Balaban J connectivity index is 1.37. The maximum atomic E-state index is 12.9. The Bertz CT molecular complexity index is 1200. The Morgan fingerprint density at radius 3 is 2.50 bits per heavy atom. The van der Waals surface area contributed by atoms with Crippen molar-refractivity contribution in [3.8, 4) is 17.0 Å². The number of hydrogen-bond donors (Lipinski definition) is 0. The van der Waals surface area contributed by atoms with Crippen molar-refractivity contribution in [3.63, 3.8) is 0 Å². The lowest BCUT2D eigenvalue weighted by molar-refractivity contribution is -0.385. The molecule has 1 aliphatic heterocycles. The first kappa shape index (κ1) is 22.3. The fourth-order valence-corrected chi connectivity index (χ4v) is 5.81. The Hall–Kier alpha value is -2.86. The third-order valence-corrected chi connectivity index (χ3v) is 8.02. The number of rotatable bonds is 7. The van der Waals surface area contributed by atoms with Gasteiger partial charge in [0.15, 0.2) is 0 Å². The van der Waals surface area contributed by atoms with Crippen molar-refractivity contribution in [1.82, 2.24) is 14.2 Å². The zero-order chi connectivity index (χ0) is 22.7. The lowest BCUT2D eigenvalue weighted by Gasteiger charge is -2.33. The molecule has 1 aromatic heterocycles. The third kappa shape index (κ3) is 4.80. The minimum atomic E-state index is -3.77. The average molecular weight is 475 g/mol. The van der Waals surface area contributed by atoms with E-state index in [4.69, 9.17) is 9.72 Å². The molecule has 32 heavy (non-hydrogen) atoms. The molecule has 168 valence electrons. The summed E-state index contributed by atoms with van der Waals surface area (Å²) in [5.74, 6) is 0.794. The van der Waals surface area contributed by atoms with Gasteiger partial charge >= 0.3 is 0 Å². The summed E-state index contributed by atoms with van der Waals surface area (Å²) in [5, 5.41) is 14.0. The maximum absolute atomic E-state index is 12.9. The normalized spacial score (nSPS) is 15.5. The lowest BCUT2D eigenvalue weighted by atomic mass is 10.2. The number of nitro benzene ring substituents is 1. The molecule has 0 N–H and O–H groups in total. The standard InChI is InChI=1S/C21H22N4O5S2/c1-30-18-7-5-16(6-8-18)20-15-31-21(22-20)14-23-9-11-24(12-10-23)32(28,29)19-4-2-3-17(13-19)25(26)27/h2-8,13,15H,9-12,14H2,1H3. The number of hydrogen-bond acceptors (Lipinski definition) is 8. The Labute approximate surface area is 190 Å². The van der Waals surface area contributed by atoms with E-state index in [1.165, 1.54) is 22.5 Å². The van der Waals surface area contributed by atoms with Crippen LogP contribution in [0.15, 0.2) is 58.8 Å². The molecule has 1 saturated heterocycles. The van der Waals surface area contributed by atoms with Crippen LogP contribution < -0.4 is 4.74 Å². The number of piperazine rings is 1. The number of thiazole rings is 1. The summed E-state index contributed by atoms with van der Waals surface area (Å²) < 4.78 is 32.4. The highest BCUT2D eigenvalue weighted by Gasteiger charge is 2.29. The molecule has 1 fully saturated rings. The number of ether oxygens (including phenoxy) is 1. The van der Waals surface area contributed by atoms with Crippen molar-refractivity contribution in [2.75, 3.05) is 33.3 Å². The molecule has 0 aliphatic carbocycles. The monoisotopic (exact) mass is 474 g/mol. The lowest BCUT2D eigenvalue weighted by Crippen LogP contribution is -2.48. The molecule has 0 spiro atoms. The largest absolute Gasteiger partial charge is 0.497 e. The predicted molar refractivity (Wildman–Crippen MR) is 121 cm³/mol. The van der Waals surface area contributed by atoms with Gasteiger partial charge < -0.3 is 4.74 Å². The van der Waals surface area contributed by atoms with E-state index in [0.717, 1.165) is 28.1 Å². The van der Waals surface area contributed by atoms with Crippen molar-refractivity contribution in [3.05, 3.63) is 69.0 Å². The molecule has 3 aromatic rings. The van der Waals surface area contributed by atoms with E-state index >= 15 is 0 Å². The SMILES string of the molecule is COc1ccc(-c2csc(CN3CCN(S(=O)(=O)c4cccc([N+](=O)[O-])c4)CC3)n2)cc1. The summed E-state index contributed by atoms with van der Waals surface area (Å²) in [6, 6.07) is 12.9. The average Bonchev–Trinajstić information content (AvgIpc) is 3.28. The molecule has 0 radical (unpaired) electrons. The third-order valence-electron chi connectivity index (χ3n) is 5.29. The highest BCUT2D eigenvalue weighted by atomic mass is 32.2. The number of benzene rings is 2. The van der Waals surface area contributed by atoms with Gasteiger partial charge in [0.05, 0.1) is 29.2 Å². The summed E-state index contributed by atoms with van der Waals surface area (Å²) in [4.78, 5) is 17.2. The van der Waals surface area contributed by atoms with Crippen LogP contribution in [-0.4, -0.2) is 60.8 Å². The number of sulfonamides is 1. The van der Waals surface area contributed by atoms with Gasteiger partial charge in [0, 0.05) is 49.3 Å². The molecule has 0 amide bonds. The molecular formula is C21H22N4O5S2. The van der Waals surface area contributed by atoms with E-state index in [-0.39, 0.29) is 10.6 Å². The first-order chi connectivity index (χ1) is 15.4. The molecule has 11 heteroatoms. The van der Waals surface area contributed by atoms with Gasteiger partial charge in [0.25, 0.3) is 5.69 Å². The number of aromatic nitrogens is 1. The molecule has 2 aromatic carbocycles. The van der Waals surface area contributed by atoms with Crippen LogP contribution in [0.3, 0.4) is 0 Å². The minimum Gasteiger partial charge on any atom is -0.497 e. The first-order valence-electron chi connectivity index (χ1n) is 9.92. The summed E-state index contributed by atoms with van der Waals surface area (Å²) in [6.07, 6.45) is 0. The zero-order valence-corrected chi connectivity index (χ0v) is 19.0. The van der Waals surface area contributed by atoms with Crippen molar-refractivity contribution < 1.29 is 18.1 Å². The summed E-state index contributed by atoms with van der Waals surface area (Å²) in [7, 11) is -2.14. The van der Waals surface area contributed by atoms with Crippen molar-refractivity contribution in [2.24, 2.45) is 0 Å². The van der Waals surface area contributed by atoms with Crippen LogP contribution in [0, 0.1) is 10.1 Å². The van der Waals surface area contributed by atoms with E-state index < -0.39 is 14.9 Å². The van der Waals surface area contributed by atoms with Crippen molar-refractivity contribution in [2.45, 2.75) is 11.4 Å². The van der Waals surface area contributed by atoms with Crippen molar-refractivity contribution >= 4 is 27.0 Å². The van der Waals surface area contributed by atoms with E-state index in [0.29, 0.717) is 32.7 Å². The molecule has 0 atom stereocenters. The Morgan fingerprint density at radius 1 is 1.12 bits per heavy atom. The Kier molecular flexibility index (Phi) is 6.51. The Morgan fingerprint density at radius 2 is 1.84 bits per heavy atom. The van der Waals surface area contributed by atoms with Crippen LogP contribution in [0.5, 0.6) is 5.75 Å². The van der Waals surface area contributed by atoms with Crippen LogP contribution in [0.1, 0.15) is 5.01 Å². The van der Waals surface area contributed by atoms with Crippen LogP contribution in [0.2, 0.25) is 0 Å². The number of nitro groups is 1. The highest BCUT2D eigenvalue weighted by Crippen LogP contribution is 2.26. The van der Waals surface area contributed by atoms with Crippen LogP contribution in [0.4, 0.5) is 5.69 Å². The minimum absolute atomic E-state index is 0.0517. The van der Waals surface area contributed by atoms with Gasteiger partial charge in [-0.2, -0.15) is 4.31 Å². The van der Waals surface area contributed by atoms with E-state index in [9.17, 15) is 18.5 Å². The molecule has 1 aliphatic rings. The number of non-ortho nitro benzene ring substituents is 1. The molecule has 0 bridgehead atoms. The molecule has 9 nitrogen and oxygen atoms in total. The summed E-state index contributed by atoms with van der Waals surface area (Å²) in [6.45, 7) is 2.41. The molecule has 4 rings (SSSR count). The molecule has 2 heterocycles. The second-order valence-corrected chi connectivity index (χ2v) is 10.2. The van der Waals surface area contributed by atoms with E-state index in [2.05, 4.69) is 4.90 Å². The van der Waals surface area contributed by atoms with Gasteiger partial charge in [-0.3, -0.25) is 15.0 Å². The summed E-state index contributed by atoms with van der Waals surface area (Å²) >= 11 is 1.58. The quantitative estimate of drug-likeness (QED) is 0.382. The fraction of sp³-hybridized carbons (Fsp3) is 0.286. The zero-order valence-electron chi connectivity index (χ0n) is 17.4. The second kappa shape index (κ2) is 9.33. The number of nitrogens with zero attached hydrogens (tertiary/aromatic N) is 4. The van der Waals surface area contributed by atoms with E-state index in [1.54, 1.807) is 18.4 Å². The van der Waals surface area contributed by atoms with Gasteiger partial charge in [-0.15, -0.1) is 11.3 Å². The van der Waals surface area contributed by atoms with Gasteiger partial charge in [-0.25, -0.2) is 13.4 Å².